The fraction of sp³-hybridized carbons (Fsp3) is 0.481. The van der Waals surface area contributed by atoms with Gasteiger partial charge < -0.3 is 19.5 Å². The fourth-order valence-corrected chi connectivity index (χ4v) is 4.17. The number of amides is 2. The van der Waals surface area contributed by atoms with E-state index in [1.54, 1.807) is 55.8 Å². The number of hydrogen-bond donors (Lipinski definition) is 2. The summed E-state index contributed by atoms with van der Waals surface area (Å²) in [5.41, 5.74) is 3.89. The summed E-state index contributed by atoms with van der Waals surface area (Å²) in [6.45, 7) is 32.9. The van der Waals surface area contributed by atoms with E-state index in [0.29, 0.717) is 24.9 Å². The van der Waals surface area contributed by atoms with Crippen molar-refractivity contribution < 1.29 is 18.4 Å². The van der Waals surface area contributed by atoms with Crippen molar-refractivity contribution >= 4 is 11.8 Å². The molecule has 12 nitrogen and oxygen atoms in total. The van der Waals surface area contributed by atoms with E-state index in [4.69, 9.17) is 8.83 Å². The predicted molar refractivity (Wildman–Crippen MR) is 282 cm³/mol. The van der Waals surface area contributed by atoms with Crippen molar-refractivity contribution in [2.75, 3.05) is 0 Å². The molecule has 12 heteroatoms. The summed E-state index contributed by atoms with van der Waals surface area (Å²) in [7, 11) is 0. The van der Waals surface area contributed by atoms with Gasteiger partial charge in [0.05, 0.1) is 12.4 Å². The Morgan fingerprint density at radius 3 is 1.32 bits per heavy atom. The SMILES string of the molecule is C.C.C.C.CC.CC.CC.CC.CC(C)C(=O)NCc1cccnc1.CC(C)C(=O)NCc1ccncc1.CC(C)c1ncc(-c2ccccn2)o1.CC(C)c1ncc(-c2cccnc2)o1. The third-order valence-corrected chi connectivity index (χ3v) is 7.35. The summed E-state index contributed by atoms with van der Waals surface area (Å²) in [5, 5.41) is 5.65. The molecule has 0 spiro atoms. The second kappa shape index (κ2) is 45.5. The van der Waals surface area contributed by atoms with E-state index in [9.17, 15) is 9.59 Å². The van der Waals surface area contributed by atoms with Crippen LogP contribution in [-0.2, 0) is 22.7 Å². The topological polar surface area (TPSA) is 162 Å². The Morgan fingerprint density at radius 2 is 0.924 bits per heavy atom. The summed E-state index contributed by atoms with van der Waals surface area (Å²) in [5.74, 6) is 3.90. The molecule has 0 aromatic carbocycles. The Bertz CT molecular complexity index is 1770. The number of carbonyl (C=O) groups excluding carboxylic acids is 2. The van der Waals surface area contributed by atoms with Crippen LogP contribution in [0, 0.1) is 11.8 Å². The minimum Gasteiger partial charge on any atom is -0.440 e. The third-order valence-electron chi connectivity index (χ3n) is 7.35. The molecule has 0 saturated heterocycles. The van der Waals surface area contributed by atoms with Gasteiger partial charge >= 0.3 is 0 Å². The molecule has 6 heterocycles. The number of nitrogens with one attached hydrogen (secondary N) is 2. The van der Waals surface area contributed by atoms with Gasteiger partial charge in [-0.3, -0.25) is 29.5 Å². The lowest BCUT2D eigenvalue weighted by molar-refractivity contribution is -0.124. The average Bonchev–Trinajstić information content (AvgIpc) is 4.05. The van der Waals surface area contributed by atoms with E-state index in [0.717, 1.165) is 45.7 Å². The van der Waals surface area contributed by atoms with E-state index in [1.807, 2.05) is 152 Å². The maximum absolute atomic E-state index is 11.2. The molecule has 0 saturated carbocycles. The van der Waals surface area contributed by atoms with Gasteiger partial charge in [-0.05, 0) is 53.6 Å². The normalized spacial score (nSPS) is 8.91. The minimum absolute atomic E-state index is 0. The summed E-state index contributed by atoms with van der Waals surface area (Å²) >= 11 is 0. The highest BCUT2D eigenvalue weighted by Gasteiger charge is 2.10. The summed E-state index contributed by atoms with van der Waals surface area (Å²) in [4.78, 5) is 46.8. The first-order valence-corrected chi connectivity index (χ1v) is 22.0. The number of nitrogens with zero attached hydrogens (tertiary/aromatic N) is 6. The first-order valence-electron chi connectivity index (χ1n) is 22.0. The summed E-state index contributed by atoms with van der Waals surface area (Å²) in [6.07, 6.45) is 15.6. The minimum atomic E-state index is 0. The highest BCUT2D eigenvalue weighted by Crippen LogP contribution is 2.23. The van der Waals surface area contributed by atoms with Crippen LogP contribution in [0.15, 0.2) is 119 Å². The molecule has 6 aromatic rings. The van der Waals surface area contributed by atoms with E-state index in [2.05, 4.69) is 54.4 Å². The van der Waals surface area contributed by atoms with Crippen LogP contribution in [0.5, 0.6) is 0 Å². The zero-order valence-electron chi connectivity index (χ0n) is 40.4. The molecule has 0 bridgehead atoms. The molecule has 2 amide bonds. The van der Waals surface area contributed by atoms with Crippen LogP contribution in [0.1, 0.15) is 175 Å². The van der Waals surface area contributed by atoms with Crippen molar-refractivity contribution in [3.05, 3.63) is 133 Å². The maximum atomic E-state index is 11.2. The number of aromatic nitrogens is 6. The molecule has 66 heavy (non-hydrogen) atoms. The lowest BCUT2D eigenvalue weighted by atomic mass is 10.2. The second-order valence-electron chi connectivity index (χ2n) is 13.4. The zero-order valence-corrected chi connectivity index (χ0v) is 40.4. The zero-order chi connectivity index (χ0) is 47.3. The maximum Gasteiger partial charge on any atom is 0.222 e. The van der Waals surface area contributed by atoms with Crippen molar-refractivity contribution in [3.63, 3.8) is 0 Å². The van der Waals surface area contributed by atoms with Gasteiger partial charge in [0, 0.05) is 85.7 Å². The molecule has 6 rings (SSSR count). The van der Waals surface area contributed by atoms with Gasteiger partial charge in [0.25, 0.3) is 0 Å². The van der Waals surface area contributed by atoms with Crippen molar-refractivity contribution in [2.24, 2.45) is 11.8 Å². The van der Waals surface area contributed by atoms with Gasteiger partial charge in [-0.2, -0.15) is 0 Å². The van der Waals surface area contributed by atoms with Crippen molar-refractivity contribution in [2.45, 2.75) is 165 Å². The molecule has 6 aromatic heterocycles. The van der Waals surface area contributed by atoms with Crippen LogP contribution in [0.3, 0.4) is 0 Å². The van der Waals surface area contributed by atoms with Gasteiger partial charge in [-0.15, -0.1) is 0 Å². The molecule has 0 aliphatic heterocycles. The standard InChI is InChI=1S/2C11H12N2O.2C10H14N2O.4C2H6.4CH4/c1-8(2)11-13-7-10(14-11)9-4-3-5-12-6-9;1-8(2)11-13-7-10(14-11)9-5-3-4-6-12-9;1-8(2)10(13)12-7-9-3-5-11-6-4-9;1-8(2)10(13)12-7-9-4-3-5-11-6-9;4*1-2;;;;/h2*3-8H,1-2H3;2*3-6,8H,7H2,1-2H3,(H,12,13);4*1-2H3;4*1H4. The Balaban J connectivity index is -0.000000169. The Morgan fingerprint density at radius 1 is 0.470 bits per heavy atom. The second-order valence-corrected chi connectivity index (χ2v) is 13.4. The molecule has 0 fully saturated rings. The van der Waals surface area contributed by atoms with E-state index < -0.39 is 0 Å². The largest absolute Gasteiger partial charge is 0.440 e. The predicted octanol–water partition coefficient (Wildman–Crippen LogP) is 15.1. The van der Waals surface area contributed by atoms with E-state index in [-0.39, 0.29) is 53.4 Å². The van der Waals surface area contributed by atoms with Gasteiger partial charge in [0.1, 0.15) is 5.69 Å². The molecule has 2 N–H and O–H groups in total. The number of pyridine rings is 4. The van der Waals surface area contributed by atoms with Gasteiger partial charge in [-0.1, -0.05) is 153 Å². The van der Waals surface area contributed by atoms with Crippen molar-refractivity contribution in [1.29, 1.82) is 0 Å². The number of oxazole rings is 2. The van der Waals surface area contributed by atoms with Gasteiger partial charge in [-0.25, -0.2) is 9.97 Å². The smallest absolute Gasteiger partial charge is 0.222 e. The first kappa shape index (κ1) is 71.6. The number of rotatable bonds is 10. The Kier molecular flexibility index (Phi) is 49.4. The van der Waals surface area contributed by atoms with Crippen LogP contribution in [0.25, 0.3) is 22.8 Å². The molecule has 0 radical (unpaired) electrons. The monoisotopic (exact) mass is 917 g/mol. The van der Waals surface area contributed by atoms with Crippen LogP contribution in [0.4, 0.5) is 0 Å². The summed E-state index contributed by atoms with van der Waals surface area (Å²) in [6, 6.07) is 17.1. The highest BCUT2D eigenvalue weighted by atomic mass is 16.4. The Hall–Kier alpha value is -6.04. The van der Waals surface area contributed by atoms with Crippen molar-refractivity contribution in [3.8, 4) is 22.8 Å². The molecule has 0 unspecified atom stereocenters. The molecule has 0 aliphatic carbocycles. The molecular weight excluding hydrogens is 825 g/mol. The van der Waals surface area contributed by atoms with Crippen molar-refractivity contribution in [1.82, 2.24) is 40.5 Å². The van der Waals surface area contributed by atoms with E-state index >= 15 is 0 Å². The molecule has 0 atom stereocenters. The lowest BCUT2D eigenvalue weighted by Crippen LogP contribution is -2.27. The Labute approximate surface area is 402 Å². The van der Waals surface area contributed by atoms with Gasteiger partial charge in [0.15, 0.2) is 23.3 Å². The number of hydrogen-bond acceptors (Lipinski definition) is 10. The first-order chi connectivity index (χ1) is 29.9. The van der Waals surface area contributed by atoms with Crippen LogP contribution in [-0.4, -0.2) is 41.7 Å². The fourth-order valence-electron chi connectivity index (χ4n) is 4.17. The van der Waals surface area contributed by atoms with E-state index in [1.165, 1.54) is 0 Å². The van der Waals surface area contributed by atoms with Crippen LogP contribution < -0.4 is 10.6 Å². The lowest BCUT2D eigenvalue weighted by Gasteiger charge is -2.06. The molecular formula is C54H92N8O4. The number of carbonyl (C=O) groups is 2. The quantitative estimate of drug-likeness (QED) is 0.135. The molecule has 0 aliphatic rings. The molecule has 372 valence electrons. The van der Waals surface area contributed by atoms with Gasteiger partial charge in [0.2, 0.25) is 11.8 Å². The van der Waals surface area contributed by atoms with Crippen LogP contribution >= 0.6 is 0 Å². The average molecular weight is 917 g/mol. The summed E-state index contributed by atoms with van der Waals surface area (Å²) < 4.78 is 11.1. The highest BCUT2D eigenvalue weighted by molar-refractivity contribution is 5.78. The third kappa shape index (κ3) is 30.9. The van der Waals surface area contributed by atoms with Crippen LogP contribution in [0.2, 0.25) is 0 Å².